The van der Waals surface area contributed by atoms with E-state index in [9.17, 15) is 9.59 Å². The fourth-order valence-electron chi connectivity index (χ4n) is 2.72. The van der Waals surface area contributed by atoms with Gasteiger partial charge in [0.05, 0.1) is 6.42 Å². The van der Waals surface area contributed by atoms with Gasteiger partial charge in [0, 0.05) is 0 Å². The van der Waals surface area contributed by atoms with E-state index < -0.39 is 17.2 Å². The number of rotatable bonds is 7. The Morgan fingerprint density at radius 2 is 1.56 bits per heavy atom. The van der Waals surface area contributed by atoms with Crippen LogP contribution in [-0.4, -0.2) is 12.4 Å². The summed E-state index contributed by atoms with van der Waals surface area (Å²) >= 11 is 0. The van der Waals surface area contributed by atoms with Crippen molar-refractivity contribution in [2.45, 2.75) is 45.3 Å². The Labute approximate surface area is 148 Å². The molecule has 0 aliphatic rings. The number of hydrogen-bond acceptors (Lipinski definition) is 4. The highest BCUT2D eigenvalue weighted by atomic mass is 16.6. The summed E-state index contributed by atoms with van der Waals surface area (Å²) in [4.78, 5) is 23.5. The van der Waals surface area contributed by atoms with Crippen molar-refractivity contribution in [2.75, 3.05) is 0 Å². The molecule has 0 fully saturated rings. The highest BCUT2D eigenvalue weighted by Crippen LogP contribution is 2.32. The van der Waals surface area contributed by atoms with Crippen molar-refractivity contribution in [3.8, 4) is 0 Å². The Morgan fingerprint density at radius 3 is 2.12 bits per heavy atom. The van der Waals surface area contributed by atoms with Gasteiger partial charge in [-0.25, -0.2) is 0 Å². The van der Waals surface area contributed by atoms with Crippen LogP contribution in [0.2, 0.25) is 0 Å². The predicted octanol–water partition coefficient (Wildman–Crippen LogP) is 4.25. The molecule has 0 spiro atoms. The lowest BCUT2D eigenvalue weighted by Gasteiger charge is -2.31. The molecule has 2 aromatic carbocycles. The molecule has 4 heteroatoms. The monoisotopic (exact) mass is 340 g/mol. The number of carbonyl (C=O) groups excluding carboxylic acids is 2. The minimum Gasteiger partial charge on any atom is -0.456 e. The first-order valence-electron chi connectivity index (χ1n) is 8.23. The summed E-state index contributed by atoms with van der Waals surface area (Å²) in [6.07, 6.45) is -0.0644. The number of esters is 1. The second-order valence-corrected chi connectivity index (χ2v) is 6.84. The Balaban J connectivity index is 2.16. The molecule has 0 aliphatic heterocycles. The number of benzene rings is 2. The van der Waals surface area contributed by atoms with Gasteiger partial charge in [-0.05, 0) is 38.8 Å². The molecular weight excluding hydrogens is 316 g/mol. The van der Waals surface area contributed by atoms with Crippen LogP contribution in [0.25, 0.3) is 0 Å². The van der Waals surface area contributed by atoms with E-state index in [0.717, 1.165) is 16.7 Å². The molecule has 132 valence electrons. The van der Waals surface area contributed by atoms with Gasteiger partial charge in [-0.15, -0.1) is 0 Å². The maximum absolute atomic E-state index is 12.5. The molecule has 0 radical (unpaired) electrons. The van der Waals surface area contributed by atoms with Crippen LogP contribution in [0.3, 0.4) is 0 Å². The average molecular weight is 340 g/mol. The Morgan fingerprint density at radius 1 is 0.960 bits per heavy atom. The molecule has 0 amide bonds. The van der Waals surface area contributed by atoms with Gasteiger partial charge < -0.3 is 9.47 Å². The zero-order valence-corrected chi connectivity index (χ0v) is 15.1. The van der Waals surface area contributed by atoms with Crippen molar-refractivity contribution < 1.29 is 19.1 Å². The van der Waals surface area contributed by atoms with Crippen LogP contribution in [0.5, 0.6) is 0 Å². The van der Waals surface area contributed by atoms with Gasteiger partial charge in [0.15, 0.2) is 0 Å². The van der Waals surface area contributed by atoms with Crippen molar-refractivity contribution in [3.63, 3.8) is 0 Å². The molecule has 0 saturated carbocycles. The van der Waals surface area contributed by atoms with Crippen molar-refractivity contribution in [1.82, 2.24) is 0 Å². The minimum absolute atomic E-state index is 0.0644. The Kier molecular flexibility index (Phi) is 5.62. The zero-order valence-electron chi connectivity index (χ0n) is 15.1. The van der Waals surface area contributed by atoms with Gasteiger partial charge in [-0.3, -0.25) is 9.59 Å². The zero-order chi connectivity index (χ0) is 18.5. The van der Waals surface area contributed by atoms with Crippen LogP contribution in [0, 0.1) is 6.92 Å². The van der Waals surface area contributed by atoms with Gasteiger partial charge >= 0.3 is 5.97 Å². The highest BCUT2D eigenvalue weighted by Gasteiger charge is 2.35. The predicted molar refractivity (Wildman–Crippen MR) is 95.9 cm³/mol. The first-order chi connectivity index (χ1) is 11.8. The Bertz CT molecular complexity index is 719. The van der Waals surface area contributed by atoms with Gasteiger partial charge in [-0.2, -0.15) is 0 Å². The molecule has 1 atom stereocenters. The SMILES string of the molecule is Cc1ccc(C(C)(C)OC(=O)CC(C)(OC=O)c2ccccc2)cc1. The molecule has 1 unspecified atom stereocenters. The maximum atomic E-state index is 12.5. The quantitative estimate of drug-likeness (QED) is 0.558. The van der Waals surface area contributed by atoms with Crippen LogP contribution in [0.15, 0.2) is 54.6 Å². The number of ether oxygens (including phenoxy) is 2. The second-order valence-electron chi connectivity index (χ2n) is 6.84. The van der Waals surface area contributed by atoms with Crippen LogP contribution < -0.4 is 0 Å². The molecule has 0 aromatic heterocycles. The lowest BCUT2D eigenvalue weighted by atomic mass is 9.92. The number of hydrogen-bond donors (Lipinski definition) is 0. The minimum atomic E-state index is -1.07. The van der Waals surface area contributed by atoms with Gasteiger partial charge in [-0.1, -0.05) is 60.2 Å². The number of aryl methyl sites for hydroxylation is 1. The van der Waals surface area contributed by atoms with Crippen LogP contribution in [-0.2, 0) is 30.3 Å². The molecule has 0 saturated heterocycles. The van der Waals surface area contributed by atoms with Crippen LogP contribution in [0.1, 0.15) is 43.9 Å². The fourth-order valence-corrected chi connectivity index (χ4v) is 2.72. The van der Waals surface area contributed by atoms with E-state index >= 15 is 0 Å². The average Bonchev–Trinajstić information content (AvgIpc) is 2.55. The standard InChI is InChI=1S/C21H24O4/c1-16-10-12-17(13-11-16)20(2,3)25-19(23)14-21(4,24-15-22)18-8-6-5-7-9-18/h5-13,15H,14H2,1-4H3. The van der Waals surface area contributed by atoms with Crippen molar-refractivity contribution in [1.29, 1.82) is 0 Å². The topological polar surface area (TPSA) is 52.6 Å². The second kappa shape index (κ2) is 7.51. The smallest absolute Gasteiger partial charge is 0.311 e. The first kappa shape index (κ1) is 18.7. The lowest BCUT2D eigenvalue weighted by Crippen LogP contribution is -2.33. The summed E-state index contributed by atoms with van der Waals surface area (Å²) in [5.74, 6) is -0.432. The van der Waals surface area contributed by atoms with Crippen molar-refractivity contribution >= 4 is 12.4 Å². The molecule has 0 bridgehead atoms. The van der Waals surface area contributed by atoms with E-state index in [1.807, 2.05) is 75.4 Å². The first-order valence-corrected chi connectivity index (χ1v) is 8.23. The third kappa shape index (κ3) is 4.69. The van der Waals surface area contributed by atoms with E-state index in [0.29, 0.717) is 6.47 Å². The molecule has 2 aromatic rings. The summed E-state index contributed by atoms with van der Waals surface area (Å²) in [6, 6.07) is 17.0. The summed E-state index contributed by atoms with van der Waals surface area (Å²) in [6.45, 7) is 7.76. The largest absolute Gasteiger partial charge is 0.456 e. The molecular formula is C21H24O4. The summed E-state index contributed by atoms with van der Waals surface area (Å²) in [7, 11) is 0. The normalized spacial score (nSPS) is 13.6. The highest BCUT2D eigenvalue weighted by molar-refractivity contribution is 5.72. The van der Waals surface area contributed by atoms with E-state index in [2.05, 4.69) is 0 Å². The Hall–Kier alpha value is -2.62. The van der Waals surface area contributed by atoms with E-state index in [4.69, 9.17) is 9.47 Å². The van der Waals surface area contributed by atoms with Crippen LogP contribution >= 0.6 is 0 Å². The molecule has 2 rings (SSSR count). The number of carbonyl (C=O) groups is 2. The van der Waals surface area contributed by atoms with Crippen molar-refractivity contribution in [2.24, 2.45) is 0 Å². The summed E-state index contributed by atoms with van der Waals surface area (Å²) in [5, 5.41) is 0. The third-order valence-electron chi connectivity index (χ3n) is 4.29. The third-order valence-corrected chi connectivity index (χ3v) is 4.29. The van der Waals surface area contributed by atoms with Gasteiger partial charge in [0.2, 0.25) is 0 Å². The van der Waals surface area contributed by atoms with E-state index in [-0.39, 0.29) is 6.42 Å². The summed E-state index contributed by atoms with van der Waals surface area (Å²) in [5.41, 5.74) is 0.950. The molecule has 0 heterocycles. The molecule has 25 heavy (non-hydrogen) atoms. The molecule has 4 nitrogen and oxygen atoms in total. The van der Waals surface area contributed by atoms with Gasteiger partial charge in [0.25, 0.3) is 6.47 Å². The summed E-state index contributed by atoms with van der Waals surface area (Å²) < 4.78 is 10.9. The van der Waals surface area contributed by atoms with Gasteiger partial charge in [0.1, 0.15) is 11.2 Å². The van der Waals surface area contributed by atoms with E-state index in [1.54, 1.807) is 6.92 Å². The lowest BCUT2D eigenvalue weighted by molar-refractivity contribution is -0.166. The molecule has 0 N–H and O–H groups in total. The van der Waals surface area contributed by atoms with Crippen molar-refractivity contribution in [3.05, 3.63) is 71.3 Å². The van der Waals surface area contributed by atoms with Crippen LogP contribution in [0.4, 0.5) is 0 Å². The van der Waals surface area contributed by atoms with E-state index in [1.165, 1.54) is 0 Å². The molecule has 0 aliphatic carbocycles. The maximum Gasteiger partial charge on any atom is 0.311 e. The fraction of sp³-hybridized carbons (Fsp3) is 0.333.